The number of hydrogen-bond donors (Lipinski definition) is 1. The number of carbonyl (C=O) groups is 2. The van der Waals surface area contributed by atoms with Crippen LogP contribution in [-0.2, 0) is 22.1 Å². The van der Waals surface area contributed by atoms with E-state index in [4.69, 9.17) is 4.74 Å². The van der Waals surface area contributed by atoms with Crippen molar-refractivity contribution in [2.75, 3.05) is 11.9 Å². The van der Waals surface area contributed by atoms with Gasteiger partial charge < -0.3 is 10.1 Å². The highest BCUT2D eigenvalue weighted by Gasteiger charge is 2.30. The van der Waals surface area contributed by atoms with Crippen molar-refractivity contribution < 1.29 is 27.5 Å². The number of alkyl halides is 3. The predicted octanol–water partition coefficient (Wildman–Crippen LogP) is 4.06. The van der Waals surface area contributed by atoms with Crippen molar-refractivity contribution in [3.05, 3.63) is 65.2 Å². The molecule has 0 aromatic heterocycles. The van der Waals surface area contributed by atoms with Crippen LogP contribution in [0.4, 0.5) is 18.9 Å². The molecule has 132 valence electrons. The van der Waals surface area contributed by atoms with Crippen LogP contribution in [0.2, 0.25) is 0 Å². The summed E-state index contributed by atoms with van der Waals surface area (Å²) < 4.78 is 42.2. The monoisotopic (exact) mass is 351 g/mol. The Morgan fingerprint density at radius 1 is 1.08 bits per heavy atom. The van der Waals surface area contributed by atoms with E-state index in [0.717, 1.165) is 36.2 Å². The third-order valence-electron chi connectivity index (χ3n) is 3.40. The molecule has 1 amide bonds. The van der Waals surface area contributed by atoms with E-state index < -0.39 is 30.2 Å². The van der Waals surface area contributed by atoms with Crippen molar-refractivity contribution >= 4 is 17.6 Å². The van der Waals surface area contributed by atoms with Gasteiger partial charge >= 0.3 is 12.1 Å². The van der Waals surface area contributed by atoms with Gasteiger partial charge in [0.05, 0.1) is 11.1 Å². The number of nitrogens with one attached hydrogen (secondary N) is 1. The molecule has 0 aliphatic heterocycles. The maximum atomic E-state index is 12.5. The molecular formula is C18H16F3NO3. The minimum Gasteiger partial charge on any atom is -0.452 e. The second-order valence-corrected chi connectivity index (χ2v) is 5.25. The van der Waals surface area contributed by atoms with E-state index in [2.05, 4.69) is 5.32 Å². The first-order valence-corrected chi connectivity index (χ1v) is 7.52. The van der Waals surface area contributed by atoms with Crippen LogP contribution in [-0.4, -0.2) is 18.5 Å². The molecule has 0 saturated carbocycles. The van der Waals surface area contributed by atoms with Gasteiger partial charge in [0, 0.05) is 5.69 Å². The third-order valence-corrected chi connectivity index (χ3v) is 3.40. The van der Waals surface area contributed by atoms with E-state index in [1.165, 1.54) is 0 Å². The zero-order valence-corrected chi connectivity index (χ0v) is 13.4. The van der Waals surface area contributed by atoms with Gasteiger partial charge in [-0.15, -0.1) is 0 Å². The van der Waals surface area contributed by atoms with Crippen LogP contribution in [0.15, 0.2) is 48.5 Å². The fourth-order valence-electron chi connectivity index (χ4n) is 2.08. The number of esters is 1. The predicted molar refractivity (Wildman–Crippen MR) is 86.2 cm³/mol. The van der Waals surface area contributed by atoms with Gasteiger partial charge in [0.1, 0.15) is 0 Å². The molecule has 2 aromatic carbocycles. The average Bonchev–Trinajstić information content (AvgIpc) is 2.59. The first-order valence-electron chi connectivity index (χ1n) is 7.52. The summed E-state index contributed by atoms with van der Waals surface area (Å²) in [7, 11) is 0. The van der Waals surface area contributed by atoms with E-state index >= 15 is 0 Å². The van der Waals surface area contributed by atoms with Crippen LogP contribution >= 0.6 is 0 Å². The van der Waals surface area contributed by atoms with Crippen molar-refractivity contribution in [3.63, 3.8) is 0 Å². The summed E-state index contributed by atoms with van der Waals surface area (Å²) in [6.45, 7) is 1.45. The van der Waals surface area contributed by atoms with Gasteiger partial charge in [0.15, 0.2) is 6.61 Å². The fourth-order valence-corrected chi connectivity index (χ4v) is 2.08. The average molecular weight is 351 g/mol. The number of amides is 1. The molecule has 25 heavy (non-hydrogen) atoms. The molecule has 7 heteroatoms. The normalized spacial score (nSPS) is 11.0. The Morgan fingerprint density at radius 3 is 2.36 bits per heavy atom. The van der Waals surface area contributed by atoms with Crippen molar-refractivity contribution in [1.82, 2.24) is 0 Å². The number of ether oxygens (including phenoxy) is 1. The number of benzene rings is 2. The first-order chi connectivity index (χ1) is 11.8. The zero-order valence-electron chi connectivity index (χ0n) is 13.4. The highest BCUT2D eigenvalue weighted by molar-refractivity contribution is 5.95. The first kappa shape index (κ1) is 18.5. The quantitative estimate of drug-likeness (QED) is 0.827. The molecule has 0 bridgehead atoms. The molecule has 0 heterocycles. The smallest absolute Gasteiger partial charge is 0.416 e. The maximum absolute atomic E-state index is 12.5. The van der Waals surface area contributed by atoms with Crippen LogP contribution in [0.5, 0.6) is 0 Å². The van der Waals surface area contributed by atoms with Crippen LogP contribution in [0.1, 0.15) is 28.4 Å². The minimum atomic E-state index is -4.48. The van der Waals surface area contributed by atoms with Gasteiger partial charge in [-0.2, -0.15) is 13.2 Å². The van der Waals surface area contributed by atoms with Crippen LogP contribution in [0.3, 0.4) is 0 Å². The Hall–Kier alpha value is -2.83. The molecule has 1 N–H and O–H groups in total. The van der Waals surface area contributed by atoms with E-state index in [1.54, 1.807) is 18.2 Å². The van der Waals surface area contributed by atoms with E-state index in [-0.39, 0.29) is 5.56 Å². The van der Waals surface area contributed by atoms with E-state index in [9.17, 15) is 22.8 Å². The Kier molecular flexibility index (Phi) is 5.80. The largest absolute Gasteiger partial charge is 0.452 e. The van der Waals surface area contributed by atoms with Gasteiger partial charge in [0.25, 0.3) is 5.91 Å². The highest BCUT2D eigenvalue weighted by Crippen LogP contribution is 2.29. The molecule has 4 nitrogen and oxygen atoms in total. The lowest BCUT2D eigenvalue weighted by molar-refractivity contribution is -0.137. The third kappa shape index (κ3) is 5.34. The lowest BCUT2D eigenvalue weighted by Crippen LogP contribution is -2.21. The van der Waals surface area contributed by atoms with E-state index in [1.807, 2.05) is 13.0 Å². The van der Waals surface area contributed by atoms with Crippen LogP contribution in [0, 0.1) is 0 Å². The summed E-state index contributed by atoms with van der Waals surface area (Å²) in [6, 6.07) is 10.8. The molecule has 0 radical (unpaired) electrons. The number of anilines is 1. The minimum absolute atomic E-state index is 0.0613. The summed E-state index contributed by atoms with van der Waals surface area (Å²) in [4.78, 5) is 23.6. The van der Waals surface area contributed by atoms with Gasteiger partial charge in [-0.3, -0.25) is 4.79 Å². The van der Waals surface area contributed by atoms with Gasteiger partial charge in [-0.25, -0.2) is 4.79 Å². The zero-order chi connectivity index (χ0) is 18.4. The second-order valence-electron chi connectivity index (χ2n) is 5.25. The number of rotatable bonds is 5. The Morgan fingerprint density at radius 2 is 1.76 bits per heavy atom. The van der Waals surface area contributed by atoms with Crippen molar-refractivity contribution in [2.24, 2.45) is 0 Å². The number of halogens is 3. The standard InChI is InChI=1S/C18H16F3NO3/c1-2-12-4-3-5-15(10-12)22-16(23)11-25-17(24)13-6-8-14(9-7-13)18(19,20)21/h3-10H,2,11H2,1H3,(H,22,23). The van der Waals surface area contributed by atoms with E-state index in [0.29, 0.717) is 5.69 Å². The van der Waals surface area contributed by atoms with Gasteiger partial charge in [-0.1, -0.05) is 19.1 Å². The Bertz CT molecular complexity index is 755. The lowest BCUT2D eigenvalue weighted by Gasteiger charge is -2.09. The fraction of sp³-hybridized carbons (Fsp3) is 0.222. The van der Waals surface area contributed by atoms with Crippen molar-refractivity contribution in [2.45, 2.75) is 19.5 Å². The van der Waals surface area contributed by atoms with Crippen molar-refractivity contribution in [3.8, 4) is 0 Å². The molecule has 2 rings (SSSR count). The molecule has 0 atom stereocenters. The summed E-state index contributed by atoms with van der Waals surface area (Å²) in [6.07, 6.45) is -3.66. The number of carbonyl (C=O) groups excluding carboxylic acids is 2. The van der Waals surface area contributed by atoms with Crippen molar-refractivity contribution in [1.29, 1.82) is 0 Å². The molecule has 0 saturated heterocycles. The second kappa shape index (κ2) is 7.83. The Balaban J connectivity index is 1.89. The number of hydrogen-bond acceptors (Lipinski definition) is 3. The molecule has 0 aliphatic rings. The molecular weight excluding hydrogens is 335 g/mol. The Labute approximate surface area is 142 Å². The molecule has 0 unspecified atom stereocenters. The number of aryl methyl sites for hydroxylation is 1. The van der Waals surface area contributed by atoms with Gasteiger partial charge in [-0.05, 0) is 48.4 Å². The van der Waals surface area contributed by atoms with Crippen LogP contribution < -0.4 is 5.32 Å². The summed E-state index contributed by atoms with van der Waals surface area (Å²) in [5, 5.41) is 2.59. The molecule has 0 spiro atoms. The SMILES string of the molecule is CCc1cccc(NC(=O)COC(=O)c2ccc(C(F)(F)F)cc2)c1. The highest BCUT2D eigenvalue weighted by atomic mass is 19.4. The molecule has 0 aliphatic carbocycles. The summed E-state index contributed by atoms with van der Waals surface area (Å²) >= 11 is 0. The summed E-state index contributed by atoms with van der Waals surface area (Å²) in [5.41, 5.74) is 0.695. The molecule has 0 fully saturated rings. The lowest BCUT2D eigenvalue weighted by atomic mass is 10.1. The topological polar surface area (TPSA) is 55.4 Å². The summed E-state index contributed by atoms with van der Waals surface area (Å²) in [5.74, 6) is -1.40. The molecule has 2 aromatic rings. The van der Waals surface area contributed by atoms with Gasteiger partial charge in [0.2, 0.25) is 0 Å². The van der Waals surface area contributed by atoms with Crippen LogP contribution in [0.25, 0.3) is 0 Å². The maximum Gasteiger partial charge on any atom is 0.416 e.